The van der Waals surface area contributed by atoms with Gasteiger partial charge in [-0.15, -0.1) is 0 Å². The summed E-state index contributed by atoms with van der Waals surface area (Å²) in [6.07, 6.45) is 6.68. The first-order valence-electron chi connectivity index (χ1n) is 7.51. The summed E-state index contributed by atoms with van der Waals surface area (Å²) in [5.41, 5.74) is 9.27. The minimum atomic E-state index is 0.200. The molecule has 100 valence electrons. The van der Waals surface area contributed by atoms with E-state index in [1.54, 1.807) is 0 Å². The lowest BCUT2D eigenvalue weighted by Crippen LogP contribution is -2.23. The Morgan fingerprint density at radius 1 is 0.947 bits per heavy atom. The lowest BCUT2D eigenvalue weighted by Gasteiger charge is -2.28. The van der Waals surface area contributed by atoms with Gasteiger partial charge < -0.3 is 5.73 Å². The van der Waals surface area contributed by atoms with Gasteiger partial charge in [0, 0.05) is 6.04 Å². The largest absolute Gasteiger partial charge is 0.324 e. The first-order valence-corrected chi connectivity index (χ1v) is 7.51. The van der Waals surface area contributed by atoms with Crippen LogP contribution in [0.15, 0.2) is 36.4 Å². The third-order valence-corrected chi connectivity index (χ3v) is 4.69. The maximum Gasteiger partial charge on any atom is 0.0329 e. The van der Waals surface area contributed by atoms with E-state index in [2.05, 4.69) is 43.3 Å². The highest BCUT2D eigenvalue weighted by Gasteiger charge is 2.23. The Morgan fingerprint density at radius 3 is 2.37 bits per heavy atom. The first kappa shape index (κ1) is 12.7. The first-order chi connectivity index (χ1) is 9.27. The zero-order valence-corrected chi connectivity index (χ0v) is 11.7. The van der Waals surface area contributed by atoms with Crippen molar-refractivity contribution in [2.24, 2.45) is 11.7 Å². The zero-order valence-electron chi connectivity index (χ0n) is 11.7. The van der Waals surface area contributed by atoms with Gasteiger partial charge >= 0.3 is 0 Å². The molecule has 1 heteroatoms. The number of rotatable bonds is 2. The Kier molecular flexibility index (Phi) is 3.56. The van der Waals surface area contributed by atoms with Gasteiger partial charge in [-0.25, -0.2) is 0 Å². The summed E-state index contributed by atoms with van der Waals surface area (Å²) < 4.78 is 0. The van der Waals surface area contributed by atoms with Gasteiger partial charge in [-0.3, -0.25) is 0 Å². The van der Waals surface area contributed by atoms with E-state index in [-0.39, 0.29) is 6.04 Å². The molecule has 3 rings (SSSR count). The average molecular weight is 253 g/mol. The van der Waals surface area contributed by atoms with Gasteiger partial charge in [0.05, 0.1) is 0 Å². The summed E-state index contributed by atoms with van der Waals surface area (Å²) in [6, 6.07) is 13.3. The summed E-state index contributed by atoms with van der Waals surface area (Å²) in [6.45, 7) is 2.18. The molecule has 0 aliphatic heterocycles. The molecule has 1 unspecified atom stereocenters. The van der Waals surface area contributed by atoms with E-state index in [4.69, 9.17) is 5.73 Å². The van der Waals surface area contributed by atoms with E-state index in [1.807, 2.05) is 0 Å². The molecule has 1 atom stereocenters. The molecule has 2 aromatic rings. The van der Waals surface area contributed by atoms with Crippen LogP contribution in [0.2, 0.25) is 0 Å². The molecule has 1 nitrogen and oxygen atoms in total. The molecule has 0 bridgehead atoms. The van der Waals surface area contributed by atoms with Crippen molar-refractivity contribution in [3.63, 3.8) is 0 Å². The highest BCUT2D eigenvalue weighted by molar-refractivity contribution is 5.88. The molecule has 1 fully saturated rings. The van der Waals surface area contributed by atoms with E-state index < -0.39 is 0 Å². The summed E-state index contributed by atoms with van der Waals surface area (Å²) >= 11 is 0. The molecule has 2 N–H and O–H groups in total. The molecule has 1 saturated carbocycles. The van der Waals surface area contributed by atoms with Crippen LogP contribution >= 0.6 is 0 Å². The Bertz CT molecular complexity index is 567. The van der Waals surface area contributed by atoms with Crippen LogP contribution in [0.4, 0.5) is 0 Å². The lowest BCUT2D eigenvalue weighted by atomic mass is 9.80. The van der Waals surface area contributed by atoms with E-state index in [0.717, 1.165) is 0 Å². The minimum absolute atomic E-state index is 0.200. The number of aryl methyl sites for hydroxylation is 1. The summed E-state index contributed by atoms with van der Waals surface area (Å²) in [7, 11) is 0. The quantitative estimate of drug-likeness (QED) is 0.822. The molecule has 0 heterocycles. The number of nitrogens with two attached hydrogens (primary N) is 1. The molecule has 1 aliphatic rings. The number of hydrogen-bond acceptors (Lipinski definition) is 1. The standard InChI is InChI=1S/C18H23N/c1-13-11-12-17(16-10-6-5-9-15(13)16)18(19)14-7-3-2-4-8-14/h5-6,9-12,14,18H,2-4,7-8,19H2,1H3. The fourth-order valence-corrected chi connectivity index (χ4v) is 3.51. The van der Waals surface area contributed by atoms with Crippen LogP contribution in [0.3, 0.4) is 0 Å². The van der Waals surface area contributed by atoms with Gasteiger partial charge in [0.15, 0.2) is 0 Å². The van der Waals surface area contributed by atoms with Gasteiger partial charge in [0.1, 0.15) is 0 Å². The Hall–Kier alpha value is -1.34. The van der Waals surface area contributed by atoms with Crippen LogP contribution < -0.4 is 5.73 Å². The van der Waals surface area contributed by atoms with E-state index in [1.165, 1.54) is 54.0 Å². The van der Waals surface area contributed by atoms with Gasteiger partial charge in [-0.05, 0) is 47.6 Å². The van der Waals surface area contributed by atoms with Crippen molar-refractivity contribution in [2.45, 2.75) is 45.1 Å². The van der Waals surface area contributed by atoms with Crippen molar-refractivity contribution in [2.75, 3.05) is 0 Å². The van der Waals surface area contributed by atoms with Crippen molar-refractivity contribution in [3.05, 3.63) is 47.5 Å². The third kappa shape index (κ3) is 2.40. The van der Waals surface area contributed by atoms with E-state index >= 15 is 0 Å². The molecular weight excluding hydrogens is 230 g/mol. The topological polar surface area (TPSA) is 26.0 Å². The van der Waals surface area contributed by atoms with Crippen LogP contribution in [0.1, 0.15) is 49.3 Å². The maximum atomic E-state index is 6.59. The molecule has 19 heavy (non-hydrogen) atoms. The lowest BCUT2D eigenvalue weighted by molar-refractivity contribution is 0.309. The Balaban J connectivity index is 2.02. The van der Waals surface area contributed by atoms with Crippen molar-refractivity contribution < 1.29 is 0 Å². The molecule has 0 amide bonds. The Morgan fingerprint density at radius 2 is 1.63 bits per heavy atom. The summed E-state index contributed by atoms with van der Waals surface area (Å²) in [5, 5.41) is 2.70. The second kappa shape index (κ2) is 5.34. The molecule has 0 spiro atoms. The molecule has 0 saturated heterocycles. The van der Waals surface area contributed by atoms with Crippen LogP contribution in [-0.2, 0) is 0 Å². The van der Waals surface area contributed by atoms with Gasteiger partial charge in [0.2, 0.25) is 0 Å². The molecule has 2 aromatic carbocycles. The summed E-state index contributed by atoms with van der Waals surface area (Å²) in [5.74, 6) is 0.667. The number of fused-ring (bicyclic) bond motifs is 1. The van der Waals surface area contributed by atoms with Crippen molar-refractivity contribution in [1.29, 1.82) is 0 Å². The van der Waals surface area contributed by atoms with Crippen molar-refractivity contribution >= 4 is 10.8 Å². The van der Waals surface area contributed by atoms with Crippen molar-refractivity contribution in [3.8, 4) is 0 Å². The van der Waals surface area contributed by atoms with E-state index in [9.17, 15) is 0 Å². The van der Waals surface area contributed by atoms with Gasteiger partial charge in [-0.2, -0.15) is 0 Å². The maximum absolute atomic E-state index is 6.59. The van der Waals surface area contributed by atoms with Crippen molar-refractivity contribution in [1.82, 2.24) is 0 Å². The predicted octanol–water partition coefficient (Wildman–Crippen LogP) is 4.73. The molecule has 1 aliphatic carbocycles. The number of hydrogen-bond donors (Lipinski definition) is 1. The van der Waals surface area contributed by atoms with E-state index in [0.29, 0.717) is 5.92 Å². The van der Waals surface area contributed by atoms with Crippen LogP contribution in [0, 0.1) is 12.8 Å². The predicted molar refractivity (Wildman–Crippen MR) is 82.2 cm³/mol. The number of benzene rings is 2. The van der Waals surface area contributed by atoms with Crippen LogP contribution in [0.5, 0.6) is 0 Å². The van der Waals surface area contributed by atoms with Gasteiger partial charge in [-0.1, -0.05) is 55.7 Å². The monoisotopic (exact) mass is 253 g/mol. The highest BCUT2D eigenvalue weighted by Crippen LogP contribution is 2.36. The second-order valence-electron chi connectivity index (χ2n) is 5.94. The van der Waals surface area contributed by atoms with Gasteiger partial charge in [0.25, 0.3) is 0 Å². The highest BCUT2D eigenvalue weighted by atomic mass is 14.7. The second-order valence-corrected chi connectivity index (χ2v) is 5.94. The SMILES string of the molecule is Cc1ccc(C(N)C2CCCCC2)c2ccccc12. The normalized spacial score (nSPS) is 18.6. The van der Waals surface area contributed by atoms with Crippen LogP contribution in [0.25, 0.3) is 10.8 Å². The molecular formula is C18H23N. The fourth-order valence-electron chi connectivity index (χ4n) is 3.51. The minimum Gasteiger partial charge on any atom is -0.324 e. The molecule has 0 aromatic heterocycles. The zero-order chi connectivity index (χ0) is 13.2. The Labute approximate surface area is 115 Å². The fraction of sp³-hybridized carbons (Fsp3) is 0.444. The third-order valence-electron chi connectivity index (χ3n) is 4.69. The van der Waals surface area contributed by atoms with Crippen LogP contribution in [-0.4, -0.2) is 0 Å². The molecule has 0 radical (unpaired) electrons. The smallest absolute Gasteiger partial charge is 0.0329 e. The average Bonchev–Trinajstić information content (AvgIpc) is 2.48. The summed E-state index contributed by atoms with van der Waals surface area (Å²) in [4.78, 5) is 0.